The van der Waals surface area contributed by atoms with Gasteiger partial charge in [0.25, 0.3) is 5.91 Å². The Balaban J connectivity index is 2.23. The van der Waals surface area contributed by atoms with Gasteiger partial charge >= 0.3 is 5.97 Å². The normalized spacial score (nSPS) is 22.6. The summed E-state index contributed by atoms with van der Waals surface area (Å²) in [6, 6.07) is 1.97. The predicted octanol–water partition coefficient (Wildman–Crippen LogP) is 2.62. The van der Waals surface area contributed by atoms with Gasteiger partial charge in [0.2, 0.25) is 0 Å². The number of aliphatic carboxylic acids is 1. The number of aromatic nitrogens is 1. The lowest BCUT2D eigenvalue weighted by atomic mass is 9.99. The van der Waals surface area contributed by atoms with Gasteiger partial charge < -0.3 is 14.6 Å². The summed E-state index contributed by atoms with van der Waals surface area (Å²) in [4.78, 5) is 25.4. The molecule has 0 bridgehead atoms. The van der Waals surface area contributed by atoms with Crippen LogP contribution in [0.25, 0.3) is 0 Å². The van der Waals surface area contributed by atoms with Crippen molar-refractivity contribution in [1.29, 1.82) is 0 Å². The molecule has 1 aliphatic heterocycles. The van der Waals surface area contributed by atoms with Gasteiger partial charge in [-0.3, -0.25) is 9.59 Å². The average Bonchev–Trinajstić information content (AvgIpc) is 2.91. The van der Waals surface area contributed by atoms with Gasteiger partial charge in [-0.2, -0.15) is 0 Å². The quantitative estimate of drug-likeness (QED) is 0.918. The first-order chi connectivity index (χ1) is 9.31. The van der Waals surface area contributed by atoms with Crippen LogP contribution >= 0.6 is 15.9 Å². The number of hydrogen-bond donors (Lipinski definition) is 1. The molecule has 1 aromatic heterocycles. The van der Waals surface area contributed by atoms with Crippen molar-refractivity contribution < 1.29 is 14.7 Å². The second-order valence-electron chi connectivity index (χ2n) is 5.68. The van der Waals surface area contributed by atoms with Crippen LogP contribution in [0, 0.1) is 11.8 Å². The molecule has 1 saturated heterocycles. The van der Waals surface area contributed by atoms with E-state index in [1.54, 1.807) is 11.0 Å². The number of rotatable bonds is 3. The van der Waals surface area contributed by atoms with Gasteiger partial charge in [-0.05, 0) is 41.8 Å². The zero-order valence-electron chi connectivity index (χ0n) is 11.8. The first-order valence-electron chi connectivity index (χ1n) is 6.70. The minimum absolute atomic E-state index is 0.0117. The van der Waals surface area contributed by atoms with E-state index >= 15 is 0 Å². The van der Waals surface area contributed by atoms with Crippen molar-refractivity contribution in [2.75, 3.05) is 13.1 Å². The molecule has 1 amide bonds. The largest absolute Gasteiger partial charge is 0.481 e. The molecule has 110 valence electrons. The molecule has 1 N–H and O–H groups in total. The van der Waals surface area contributed by atoms with Crippen LogP contribution in [0.4, 0.5) is 0 Å². The number of carboxylic acid groups (broad SMARTS) is 1. The Kier molecular flexibility index (Phi) is 4.22. The molecule has 0 aliphatic carbocycles. The third-order valence-electron chi connectivity index (χ3n) is 3.81. The number of carbonyl (C=O) groups is 2. The Morgan fingerprint density at radius 1 is 1.40 bits per heavy atom. The third kappa shape index (κ3) is 2.75. The monoisotopic (exact) mass is 342 g/mol. The molecule has 0 radical (unpaired) electrons. The average molecular weight is 343 g/mol. The molecule has 0 saturated carbocycles. The SMILES string of the molecule is CC(C)n1cc(Br)cc1C(=O)N1C[C@@H](C)[C@H](C(=O)O)C1. The smallest absolute Gasteiger partial charge is 0.308 e. The summed E-state index contributed by atoms with van der Waals surface area (Å²) in [5, 5.41) is 9.15. The van der Waals surface area contributed by atoms with E-state index < -0.39 is 11.9 Å². The number of halogens is 1. The summed E-state index contributed by atoms with van der Waals surface area (Å²) in [5.74, 6) is -1.40. The van der Waals surface area contributed by atoms with Gasteiger partial charge in [0.15, 0.2) is 0 Å². The highest BCUT2D eigenvalue weighted by Crippen LogP contribution is 2.27. The van der Waals surface area contributed by atoms with Gasteiger partial charge in [0.1, 0.15) is 5.69 Å². The Hall–Kier alpha value is -1.30. The number of carbonyl (C=O) groups excluding carboxylic acids is 1. The van der Waals surface area contributed by atoms with E-state index in [4.69, 9.17) is 5.11 Å². The van der Waals surface area contributed by atoms with Crippen LogP contribution in [0.5, 0.6) is 0 Å². The molecule has 2 heterocycles. The van der Waals surface area contributed by atoms with Crippen LogP contribution in [0.2, 0.25) is 0 Å². The first-order valence-corrected chi connectivity index (χ1v) is 7.50. The molecule has 6 heteroatoms. The van der Waals surface area contributed by atoms with E-state index in [-0.39, 0.29) is 24.4 Å². The van der Waals surface area contributed by atoms with E-state index in [9.17, 15) is 9.59 Å². The maximum absolute atomic E-state index is 12.6. The van der Waals surface area contributed by atoms with Gasteiger partial charge in [-0.25, -0.2) is 0 Å². The van der Waals surface area contributed by atoms with Crippen molar-refractivity contribution in [2.24, 2.45) is 11.8 Å². The van der Waals surface area contributed by atoms with Crippen molar-refractivity contribution in [1.82, 2.24) is 9.47 Å². The van der Waals surface area contributed by atoms with Crippen LogP contribution in [0.15, 0.2) is 16.7 Å². The van der Waals surface area contributed by atoms with Crippen LogP contribution in [-0.2, 0) is 4.79 Å². The van der Waals surface area contributed by atoms with Gasteiger partial charge in [-0.15, -0.1) is 0 Å². The summed E-state index contributed by atoms with van der Waals surface area (Å²) in [7, 11) is 0. The van der Waals surface area contributed by atoms with E-state index in [0.29, 0.717) is 12.2 Å². The zero-order valence-corrected chi connectivity index (χ0v) is 13.4. The topological polar surface area (TPSA) is 62.5 Å². The number of amides is 1. The van der Waals surface area contributed by atoms with Crippen LogP contribution in [-0.4, -0.2) is 39.5 Å². The highest BCUT2D eigenvalue weighted by molar-refractivity contribution is 9.10. The van der Waals surface area contributed by atoms with Crippen molar-refractivity contribution in [3.05, 3.63) is 22.4 Å². The molecule has 1 aromatic rings. The van der Waals surface area contributed by atoms with Crippen LogP contribution < -0.4 is 0 Å². The highest BCUT2D eigenvalue weighted by Gasteiger charge is 2.38. The molecular weight excluding hydrogens is 324 g/mol. The molecule has 0 unspecified atom stereocenters. The fourth-order valence-corrected chi connectivity index (χ4v) is 3.10. The zero-order chi connectivity index (χ0) is 15.0. The van der Waals surface area contributed by atoms with Crippen LogP contribution in [0.1, 0.15) is 37.3 Å². The number of carboxylic acids is 1. The second-order valence-corrected chi connectivity index (χ2v) is 6.59. The second kappa shape index (κ2) is 5.60. The molecule has 5 nitrogen and oxygen atoms in total. The summed E-state index contributed by atoms with van der Waals surface area (Å²) in [6.07, 6.45) is 1.88. The summed E-state index contributed by atoms with van der Waals surface area (Å²) in [5.41, 5.74) is 0.602. The molecule has 1 fully saturated rings. The standard InChI is InChI=1S/C14H19BrN2O3/c1-8(2)17-6-10(15)4-12(17)13(18)16-5-9(3)11(7-16)14(19)20/h4,6,8-9,11H,5,7H2,1-3H3,(H,19,20)/t9-,11-/m1/s1. The number of hydrogen-bond acceptors (Lipinski definition) is 2. The van der Waals surface area contributed by atoms with E-state index in [1.807, 2.05) is 31.5 Å². The minimum Gasteiger partial charge on any atom is -0.481 e. The Bertz CT molecular complexity index is 539. The minimum atomic E-state index is -0.826. The molecule has 2 atom stereocenters. The number of nitrogens with zero attached hydrogens (tertiary/aromatic N) is 2. The van der Waals surface area contributed by atoms with E-state index in [2.05, 4.69) is 15.9 Å². The Morgan fingerprint density at radius 3 is 2.55 bits per heavy atom. The Morgan fingerprint density at radius 2 is 2.05 bits per heavy atom. The maximum atomic E-state index is 12.6. The van der Waals surface area contributed by atoms with Gasteiger partial charge in [0, 0.05) is 29.8 Å². The molecular formula is C14H19BrN2O3. The third-order valence-corrected chi connectivity index (χ3v) is 4.24. The van der Waals surface area contributed by atoms with Crippen LogP contribution in [0.3, 0.4) is 0 Å². The molecule has 2 rings (SSSR count). The van der Waals surface area contributed by atoms with Gasteiger partial charge in [-0.1, -0.05) is 6.92 Å². The maximum Gasteiger partial charge on any atom is 0.308 e. The summed E-state index contributed by atoms with van der Waals surface area (Å²) >= 11 is 3.39. The predicted molar refractivity (Wildman–Crippen MR) is 78.7 cm³/mol. The van der Waals surface area contributed by atoms with E-state index in [0.717, 1.165) is 4.47 Å². The fraction of sp³-hybridized carbons (Fsp3) is 0.571. The summed E-state index contributed by atoms with van der Waals surface area (Å²) in [6.45, 7) is 6.68. The van der Waals surface area contributed by atoms with Crippen molar-refractivity contribution in [2.45, 2.75) is 26.8 Å². The van der Waals surface area contributed by atoms with Crippen molar-refractivity contribution >= 4 is 27.8 Å². The number of likely N-dealkylation sites (tertiary alicyclic amines) is 1. The molecule has 0 spiro atoms. The fourth-order valence-electron chi connectivity index (χ4n) is 2.66. The Labute approximate surface area is 126 Å². The highest BCUT2D eigenvalue weighted by atomic mass is 79.9. The molecule has 20 heavy (non-hydrogen) atoms. The molecule has 0 aromatic carbocycles. The van der Waals surface area contributed by atoms with Crippen molar-refractivity contribution in [3.63, 3.8) is 0 Å². The lowest BCUT2D eigenvalue weighted by Crippen LogP contribution is -2.31. The lowest BCUT2D eigenvalue weighted by Gasteiger charge is -2.19. The first kappa shape index (κ1) is 15.1. The summed E-state index contributed by atoms with van der Waals surface area (Å²) < 4.78 is 2.77. The van der Waals surface area contributed by atoms with Gasteiger partial charge in [0.05, 0.1) is 5.92 Å². The van der Waals surface area contributed by atoms with E-state index in [1.165, 1.54) is 0 Å². The lowest BCUT2D eigenvalue weighted by molar-refractivity contribution is -0.142. The van der Waals surface area contributed by atoms with Crippen molar-refractivity contribution in [3.8, 4) is 0 Å². The molecule has 1 aliphatic rings.